The molecule has 3 nitrogen and oxygen atoms in total. The average molecular weight is 229 g/mol. The summed E-state index contributed by atoms with van der Waals surface area (Å²) >= 11 is 0. The van der Waals surface area contributed by atoms with Crippen LogP contribution in [0.15, 0.2) is 36.2 Å². The number of benzene rings is 1. The van der Waals surface area contributed by atoms with Crippen LogP contribution in [0.3, 0.4) is 0 Å². The summed E-state index contributed by atoms with van der Waals surface area (Å²) in [6, 6.07) is 8.28. The number of methoxy groups -OCH3 is 1. The molecule has 0 radical (unpaired) electrons. The Hall–Kier alpha value is -1.77. The number of hydrogen-bond donors (Lipinski definition) is 0. The van der Waals surface area contributed by atoms with Crippen LogP contribution in [0, 0.1) is 0 Å². The van der Waals surface area contributed by atoms with E-state index in [1.165, 1.54) is 11.1 Å². The van der Waals surface area contributed by atoms with E-state index in [0.717, 1.165) is 18.8 Å². The van der Waals surface area contributed by atoms with Crippen molar-refractivity contribution in [3.8, 4) is 0 Å². The van der Waals surface area contributed by atoms with Gasteiger partial charge in [-0.2, -0.15) is 0 Å². The highest BCUT2D eigenvalue weighted by molar-refractivity contribution is 5.87. The van der Waals surface area contributed by atoms with Gasteiger partial charge in [0.2, 0.25) is 0 Å². The Bertz CT molecular complexity index is 493. The Labute approximate surface area is 101 Å². The van der Waals surface area contributed by atoms with Crippen LogP contribution < -0.4 is 0 Å². The number of carbonyl (C=O) groups excluding carboxylic acids is 1. The number of ether oxygens (including phenoxy) is 1. The van der Waals surface area contributed by atoms with E-state index in [4.69, 9.17) is 4.74 Å². The average Bonchev–Trinajstić information content (AvgIpc) is 2.38. The van der Waals surface area contributed by atoms with Crippen LogP contribution in [-0.4, -0.2) is 23.8 Å². The lowest BCUT2D eigenvalue weighted by atomic mass is 9.89. The van der Waals surface area contributed by atoms with Gasteiger partial charge in [0.25, 0.3) is 0 Å². The van der Waals surface area contributed by atoms with Crippen molar-refractivity contribution in [3.05, 3.63) is 47.4 Å². The number of fused-ring (bicyclic) bond motifs is 2. The molecule has 0 saturated carbocycles. The number of rotatable bonds is 1. The largest absolute Gasteiger partial charge is 0.483 e. The molecular weight excluding hydrogens is 214 g/mol. The van der Waals surface area contributed by atoms with Gasteiger partial charge in [-0.15, -0.1) is 0 Å². The van der Waals surface area contributed by atoms with E-state index in [1.807, 2.05) is 18.2 Å². The van der Waals surface area contributed by atoms with E-state index in [9.17, 15) is 4.79 Å². The van der Waals surface area contributed by atoms with E-state index >= 15 is 0 Å². The number of nitrogens with zero attached hydrogens (tertiary/aromatic N) is 1. The summed E-state index contributed by atoms with van der Waals surface area (Å²) < 4.78 is 5.36. The molecule has 0 saturated heterocycles. The first-order valence-electron chi connectivity index (χ1n) is 5.90. The molecule has 3 heteroatoms. The lowest BCUT2D eigenvalue weighted by molar-refractivity contribution is -0.125. The fraction of sp³-hybridized carbons (Fsp3) is 0.357. The highest BCUT2D eigenvalue weighted by Gasteiger charge is 2.35. The molecule has 1 aromatic rings. The molecule has 1 atom stereocenters. The minimum atomic E-state index is -0.0372. The van der Waals surface area contributed by atoms with Crippen LogP contribution >= 0.6 is 0 Å². The predicted octanol–water partition coefficient (Wildman–Crippen LogP) is 1.87. The Morgan fingerprint density at radius 3 is 2.82 bits per heavy atom. The third-order valence-electron chi connectivity index (χ3n) is 3.59. The van der Waals surface area contributed by atoms with Gasteiger partial charge in [-0.3, -0.25) is 4.79 Å². The van der Waals surface area contributed by atoms with Crippen LogP contribution in [0.5, 0.6) is 0 Å². The van der Waals surface area contributed by atoms with Gasteiger partial charge in [0.1, 0.15) is 0 Å². The molecule has 0 aliphatic carbocycles. The summed E-state index contributed by atoms with van der Waals surface area (Å²) in [5.41, 5.74) is 2.58. The molecule has 0 amide bonds. The van der Waals surface area contributed by atoms with Crippen molar-refractivity contribution in [3.63, 3.8) is 0 Å². The molecule has 0 aromatic heterocycles. The zero-order valence-corrected chi connectivity index (χ0v) is 9.85. The second-order valence-electron chi connectivity index (χ2n) is 4.53. The molecule has 88 valence electrons. The lowest BCUT2D eigenvalue weighted by Gasteiger charge is -2.40. The van der Waals surface area contributed by atoms with Crippen molar-refractivity contribution in [1.29, 1.82) is 0 Å². The first kappa shape index (κ1) is 10.4. The van der Waals surface area contributed by atoms with Crippen LogP contribution in [-0.2, 0) is 22.5 Å². The van der Waals surface area contributed by atoms with Crippen molar-refractivity contribution in [2.24, 2.45) is 0 Å². The van der Waals surface area contributed by atoms with Crippen molar-refractivity contribution >= 4 is 5.78 Å². The smallest absolute Gasteiger partial charge is 0.186 e. The molecule has 3 rings (SSSR count). The molecule has 1 aromatic carbocycles. The second kappa shape index (κ2) is 3.91. The summed E-state index contributed by atoms with van der Waals surface area (Å²) in [6.45, 7) is 0.770. The lowest BCUT2D eigenvalue weighted by Crippen LogP contribution is -2.47. The molecule has 0 fully saturated rings. The van der Waals surface area contributed by atoms with Crippen molar-refractivity contribution in [2.75, 3.05) is 7.11 Å². The van der Waals surface area contributed by atoms with Crippen molar-refractivity contribution < 1.29 is 9.53 Å². The van der Waals surface area contributed by atoms with Crippen LogP contribution in [0.4, 0.5) is 0 Å². The fourth-order valence-electron chi connectivity index (χ4n) is 2.68. The minimum absolute atomic E-state index is 0.0372. The number of allylic oxidation sites excluding steroid dienone is 1. The van der Waals surface area contributed by atoms with Crippen LogP contribution in [0.2, 0.25) is 0 Å². The minimum Gasteiger partial charge on any atom is -0.483 e. The van der Waals surface area contributed by atoms with Crippen LogP contribution in [0.1, 0.15) is 17.5 Å². The van der Waals surface area contributed by atoms with E-state index < -0.39 is 0 Å². The first-order valence-corrected chi connectivity index (χ1v) is 5.90. The van der Waals surface area contributed by atoms with Crippen LogP contribution in [0.25, 0.3) is 0 Å². The third kappa shape index (κ3) is 1.62. The maximum atomic E-state index is 12.0. The molecule has 1 unspecified atom stereocenters. The molecule has 17 heavy (non-hydrogen) atoms. The maximum absolute atomic E-state index is 12.0. The standard InChI is InChI=1S/C14H15NO2/c1-17-14-7-6-13(16)12-8-10-4-2-3-5-11(10)9-15(12)14/h2-5,7,12H,6,8-9H2,1H3. The monoisotopic (exact) mass is 229 g/mol. The van der Waals surface area contributed by atoms with E-state index in [-0.39, 0.29) is 6.04 Å². The quantitative estimate of drug-likeness (QED) is 0.736. The van der Waals surface area contributed by atoms with E-state index in [2.05, 4.69) is 17.0 Å². The molecule has 0 spiro atoms. The second-order valence-corrected chi connectivity index (χ2v) is 4.53. The molecule has 2 aliphatic heterocycles. The Balaban J connectivity index is 2.00. The SMILES string of the molecule is COC1=CCC(=O)C2Cc3ccccc3CN12. The first-order chi connectivity index (χ1) is 8.29. The zero-order valence-electron chi connectivity index (χ0n) is 9.85. The van der Waals surface area contributed by atoms with Crippen molar-refractivity contribution in [2.45, 2.75) is 25.4 Å². The Morgan fingerprint density at radius 2 is 2.06 bits per heavy atom. The number of ketones is 1. The number of Topliss-reactive ketones (excluding diaryl/α,β-unsaturated/α-hetero) is 1. The molecular formula is C14H15NO2. The summed E-state index contributed by atoms with van der Waals surface area (Å²) in [4.78, 5) is 14.0. The maximum Gasteiger partial charge on any atom is 0.186 e. The van der Waals surface area contributed by atoms with E-state index in [0.29, 0.717) is 12.2 Å². The highest BCUT2D eigenvalue weighted by Crippen LogP contribution is 2.30. The number of hydrogen-bond acceptors (Lipinski definition) is 3. The summed E-state index contributed by atoms with van der Waals surface area (Å²) in [6.07, 6.45) is 3.18. The Kier molecular flexibility index (Phi) is 2.39. The molecule has 2 aliphatic rings. The molecule has 2 heterocycles. The molecule has 0 bridgehead atoms. The van der Waals surface area contributed by atoms with Crippen molar-refractivity contribution in [1.82, 2.24) is 4.90 Å². The summed E-state index contributed by atoms with van der Waals surface area (Å²) in [5.74, 6) is 1.13. The summed E-state index contributed by atoms with van der Waals surface area (Å²) in [5, 5.41) is 0. The van der Waals surface area contributed by atoms with Gasteiger partial charge >= 0.3 is 0 Å². The van der Waals surface area contributed by atoms with Gasteiger partial charge in [0, 0.05) is 19.4 Å². The van der Waals surface area contributed by atoms with Gasteiger partial charge in [0.15, 0.2) is 11.7 Å². The van der Waals surface area contributed by atoms with Gasteiger partial charge in [-0.05, 0) is 17.2 Å². The fourth-order valence-corrected chi connectivity index (χ4v) is 2.68. The molecule has 0 N–H and O–H groups in total. The topological polar surface area (TPSA) is 29.5 Å². The zero-order chi connectivity index (χ0) is 11.8. The normalized spacial score (nSPS) is 22.6. The highest BCUT2D eigenvalue weighted by atomic mass is 16.5. The van der Waals surface area contributed by atoms with E-state index in [1.54, 1.807) is 7.11 Å². The van der Waals surface area contributed by atoms with Gasteiger partial charge in [-0.25, -0.2) is 0 Å². The predicted molar refractivity (Wildman–Crippen MR) is 64.2 cm³/mol. The Morgan fingerprint density at radius 1 is 1.29 bits per heavy atom. The third-order valence-corrected chi connectivity index (χ3v) is 3.59. The number of carbonyl (C=O) groups is 1. The van der Waals surface area contributed by atoms with Gasteiger partial charge in [0.05, 0.1) is 13.2 Å². The summed E-state index contributed by atoms with van der Waals surface area (Å²) in [7, 11) is 1.67. The van der Waals surface area contributed by atoms with Gasteiger partial charge in [-0.1, -0.05) is 24.3 Å². The van der Waals surface area contributed by atoms with Gasteiger partial charge < -0.3 is 9.64 Å².